The van der Waals surface area contributed by atoms with E-state index in [1.807, 2.05) is 30.5 Å². The maximum Gasteiger partial charge on any atom is 0.118 e. The molecule has 1 heterocycles. The van der Waals surface area contributed by atoms with Crippen LogP contribution in [0, 0.1) is 11.3 Å². The van der Waals surface area contributed by atoms with Gasteiger partial charge in [-0.05, 0) is 29.8 Å². The third-order valence-electron chi connectivity index (χ3n) is 2.88. The second-order valence-electron chi connectivity index (χ2n) is 4.03. The molecule has 1 aliphatic heterocycles. The van der Waals surface area contributed by atoms with Gasteiger partial charge in [-0.2, -0.15) is 5.26 Å². The van der Waals surface area contributed by atoms with Gasteiger partial charge in [0.15, 0.2) is 0 Å². The molecule has 94 valence electrons. The molecular weight excluding hydrogens is 228 g/mol. The van der Waals surface area contributed by atoms with Crippen LogP contribution >= 0.6 is 0 Å². The summed E-state index contributed by atoms with van der Waals surface area (Å²) < 4.78 is 10.4. The smallest absolute Gasteiger partial charge is 0.118 e. The summed E-state index contributed by atoms with van der Waals surface area (Å²) in [6, 6.07) is 9.76. The number of methoxy groups -OCH3 is 1. The third kappa shape index (κ3) is 3.02. The van der Waals surface area contributed by atoms with E-state index in [-0.39, 0.29) is 0 Å². The summed E-state index contributed by atoms with van der Waals surface area (Å²) in [4.78, 5) is 2.12. The Morgan fingerprint density at radius 2 is 2.00 bits per heavy atom. The van der Waals surface area contributed by atoms with Gasteiger partial charge in [-0.3, -0.25) is 0 Å². The van der Waals surface area contributed by atoms with Gasteiger partial charge < -0.3 is 14.4 Å². The lowest BCUT2D eigenvalue weighted by molar-refractivity contribution is 0.0596. The second-order valence-corrected chi connectivity index (χ2v) is 4.03. The van der Waals surface area contributed by atoms with Gasteiger partial charge in [0.1, 0.15) is 11.8 Å². The van der Waals surface area contributed by atoms with Crippen LogP contribution in [0.5, 0.6) is 5.75 Å². The molecule has 0 unspecified atom stereocenters. The maximum absolute atomic E-state index is 9.23. The van der Waals surface area contributed by atoms with E-state index >= 15 is 0 Å². The summed E-state index contributed by atoms with van der Waals surface area (Å²) in [6.45, 7) is 3.11. The molecule has 0 N–H and O–H groups in total. The number of nitriles is 1. The van der Waals surface area contributed by atoms with Crippen molar-refractivity contribution in [1.29, 1.82) is 5.26 Å². The summed E-state index contributed by atoms with van der Waals surface area (Å²) in [7, 11) is 1.63. The molecule has 1 fully saturated rings. The van der Waals surface area contributed by atoms with Crippen molar-refractivity contribution < 1.29 is 9.47 Å². The standard InChI is InChI=1S/C14H16N2O2/c1-17-14-4-2-12(3-5-14)13(10-15)11-16-6-8-18-9-7-16/h2-5,11H,6-9H2,1H3/b13-11-. The lowest BCUT2D eigenvalue weighted by Crippen LogP contribution is -2.32. The van der Waals surface area contributed by atoms with E-state index in [1.165, 1.54) is 0 Å². The lowest BCUT2D eigenvalue weighted by Gasteiger charge is -2.25. The fourth-order valence-corrected chi connectivity index (χ4v) is 1.83. The maximum atomic E-state index is 9.23. The van der Waals surface area contributed by atoms with Crippen LogP contribution in [0.1, 0.15) is 5.56 Å². The third-order valence-corrected chi connectivity index (χ3v) is 2.88. The number of rotatable bonds is 3. The number of benzene rings is 1. The molecule has 1 aromatic rings. The molecule has 1 aliphatic rings. The number of hydrogen-bond acceptors (Lipinski definition) is 4. The first-order valence-electron chi connectivity index (χ1n) is 5.91. The topological polar surface area (TPSA) is 45.5 Å². The van der Waals surface area contributed by atoms with E-state index in [9.17, 15) is 5.26 Å². The van der Waals surface area contributed by atoms with Crippen molar-refractivity contribution in [3.05, 3.63) is 36.0 Å². The number of hydrogen-bond donors (Lipinski definition) is 0. The van der Waals surface area contributed by atoms with Crippen LogP contribution in [0.4, 0.5) is 0 Å². The fraction of sp³-hybridized carbons (Fsp3) is 0.357. The van der Waals surface area contributed by atoms with Crippen molar-refractivity contribution in [1.82, 2.24) is 4.90 Å². The van der Waals surface area contributed by atoms with Crippen molar-refractivity contribution in [2.24, 2.45) is 0 Å². The van der Waals surface area contributed by atoms with Gasteiger partial charge in [0.2, 0.25) is 0 Å². The molecular formula is C14H16N2O2. The average molecular weight is 244 g/mol. The predicted molar refractivity (Wildman–Crippen MR) is 69.0 cm³/mol. The van der Waals surface area contributed by atoms with Crippen LogP contribution < -0.4 is 4.74 Å². The minimum Gasteiger partial charge on any atom is -0.497 e. The molecule has 1 saturated heterocycles. The van der Waals surface area contributed by atoms with Crippen molar-refractivity contribution in [3.8, 4) is 11.8 Å². The summed E-state index contributed by atoms with van der Waals surface area (Å²) >= 11 is 0. The van der Waals surface area contributed by atoms with Gasteiger partial charge in [-0.15, -0.1) is 0 Å². The first kappa shape index (κ1) is 12.5. The molecule has 0 saturated carbocycles. The SMILES string of the molecule is COc1ccc(/C(C#N)=C\N2CCOCC2)cc1. The van der Waals surface area contributed by atoms with E-state index < -0.39 is 0 Å². The Morgan fingerprint density at radius 3 is 2.56 bits per heavy atom. The van der Waals surface area contributed by atoms with Crippen molar-refractivity contribution in [3.63, 3.8) is 0 Å². The van der Waals surface area contributed by atoms with Crippen LogP contribution in [0.15, 0.2) is 30.5 Å². The highest BCUT2D eigenvalue weighted by Gasteiger charge is 2.09. The minimum atomic E-state index is 0.666. The van der Waals surface area contributed by atoms with E-state index in [0.717, 1.165) is 37.6 Å². The molecule has 0 atom stereocenters. The van der Waals surface area contributed by atoms with Crippen LogP contribution in [0.25, 0.3) is 5.57 Å². The molecule has 0 aliphatic carbocycles. The van der Waals surface area contributed by atoms with Crippen LogP contribution in [-0.2, 0) is 4.74 Å². The highest BCUT2D eigenvalue weighted by molar-refractivity contribution is 5.76. The highest BCUT2D eigenvalue weighted by atomic mass is 16.5. The lowest BCUT2D eigenvalue weighted by atomic mass is 10.1. The van der Waals surface area contributed by atoms with Crippen LogP contribution in [-0.4, -0.2) is 38.3 Å². The molecule has 4 heteroatoms. The van der Waals surface area contributed by atoms with Crippen molar-refractivity contribution >= 4 is 5.57 Å². The number of nitrogens with zero attached hydrogens (tertiary/aromatic N) is 2. The second kappa shape index (κ2) is 6.08. The van der Waals surface area contributed by atoms with Crippen molar-refractivity contribution in [2.75, 3.05) is 33.4 Å². The monoisotopic (exact) mass is 244 g/mol. The van der Waals surface area contributed by atoms with E-state index in [0.29, 0.717) is 5.57 Å². The molecule has 18 heavy (non-hydrogen) atoms. The number of ether oxygens (including phenoxy) is 2. The predicted octanol–water partition coefficient (Wildman–Crippen LogP) is 1.89. The molecule has 0 radical (unpaired) electrons. The summed E-state index contributed by atoms with van der Waals surface area (Å²) in [5.74, 6) is 0.794. The zero-order valence-electron chi connectivity index (χ0n) is 10.4. The Labute approximate surface area is 107 Å². The molecule has 0 aromatic heterocycles. The first-order valence-corrected chi connectivity index (χ1v) is 5.91. The number of morpholine rings is 1. The minimum absolute atomic E-state index is 0.666. The van der Waals surface area contributed by atoms with Crippen LogP contribution in [0.3, 0.4) is 0 Å². The normalized spacial score (nSPS) is 16.2. The quantitative estimate of drug-likeness (QED) is 0.762. The van der Waals surface area contributed by atoms with E-state index in [2.05, 4.69) is 11.0 Å². The van der Waals surface area contributed by atoms with Gasteiger partial charge in [-0.1, -0.05) is 0 Å². The van der Waals surface area contributed by atoms with Gasteiger partial charge in [-0.25, -0.2) is 0 Å². The van der Waals surface area contributed by atoms with Crippen molar-refractivity contribution in [2.45, 2.75) is 0 Å². The van der Waals surface area contributed by atoms with Crippen LogP contribution in [0.2, 0.25) is 0 Å². The molecule has 0 spiro atoms. The highest BCUT2D eigenvalue weighted by Crippen LogP contribution is 2.19. The molecule has 4 nitrogen and oxygen atoms in total. The zero-order valence-corrected chi connectivity index (χ0v) is 10.4. The van der Waals surface area contributed by atoms with Gasteiger partial charge >= 0.3 is 0 Å². The van der Waals surface area contributed by atoms with Gasteiger partial charge in [0.25, 0.3) is 0 Å². The summed E-state index contributed by atoms with van der Waals surface area (Å²) in [5.41, 5.74) is 1.57. The summed E-state index contributed by atoms with van der Waals surface area (Å²) in [5, 5.41) is 9.23. The Bertz CT molecular complexity index is 454. The average Bonchev–Trinajstić information content (AvgIpc) is 2.46. The van der Waals surface area contributed by atoms with Gasteiger partial charge in [0, 0.05) is 19.3 Å². The van der Waals surface area contributed by atoms with E-state index in [4.69, 9.17) is 9.47 Å². The Morgan fingerprint density at radius 1 is 1.33 bits per heavy atom. The Balaban J connectivity index is 2.16. The molecule has 2 rings (SSSR count). The molecule has 0 bridgehead atoms. The fourth-order valence-electron chi connectivity index (χ4n) is 1.83. The largest absolute Gasteiger partial charge is 0.497 e. The van der Waals surface area contributed by atoms with Gasteiger partial charge in [0.05, 0.1) is 25.9 Å². The Kier molecular flexibility index (Phi) is 4.21. The molecule has 1 aromatic carbocycles. The summed E-state index contributed by atoms with van der Waals surface area (Å²) in [6.07, 6.45) is 1.91. The number of allylic oxidation sites excluding steroid dienone is 1. The first-order chi connectivity index (χ1) is 8.83. The molecule has 0 amide bonds. The zero-order chi connectivity index (χ0) is 12.8. The Hall–Kier alpha value is -1.99. The van der Waals surface area contributed by atoms with E-state index in [1.54, 1.807) is 7.11 Å².